The van der Waals surface area contributed by atoms with E-state index in [-0.39, 0.29) is 24.4 Å². The molecule has 12 heteroatoms. The third kappa shape index (κ3) is 15.8. The van der Waals surface area contributed by atoms with Gasteiger partial charge in [0.15, 0.2) is 17.5 Å². The van der Waals surface area contributed by atoms with Gasteiger partial charge in [0.05, 0.1) is 32.2 Å². The zero-order valence-electron chi connectivity index (χ0n) is 28.7. The first-order valence-electron chi connectivity index (χ1n) is 17.8. The summed E-state index contributed by atoms with van der Waals surface area (Å²) < 4.78 is 38.5. The molecule has 11 nitrogen and oxygen atoms in total. The number of benzene rings is 1. The van der Waals surface area contributed by atoms with Gasteiger partial charge in [-0.2, -0.15) is 4.98 Å². The first-order valence-corrected chi connectivity index (χ1v) is 19.5. The average molecular weight is 676 g/mol. The standard InChI is InChI=1S/C35H58N5O6P/c1-3-4-5-6-7-8-9-10-11-12-13-14-15-16-17-21-24-43-25-26-45-47(42,46-31-22-19-18-20-23-31)29-44-30(2)27-40-28-37-32-33(40)38-35(36)39-34(32)41/h18-20,22-23,28,30H,3-17,21,24-27,29H2,1-2H3,(H3,36,38,39,41). The predicted molar refractivity (Wildman–Crippen MR) is 189 cm³/mol. The summed E-state index contributed by atoms with van der Waals surface area (Å²) in [6, 6.07) is 8.89. The van der Waals surface area contributed by atoms with Crippen LogP contribution in [0.4, 0.5) is 5.95 Å². The van der Waals surface area contributed by atoms with Crippen molar-refractivity contribution in [2.45, 2.75) is 129 Å². The third-order valence-electron chi connectivity index (χ3n) is 8.11. The molecule has 0 saturated carbocycles. The Hall–Kier alpha value is -2.72. The van der Waals surface area contributed by atoms with Crippen LogP contribution in [0, 0.1) is 0 Å². The number of nitrogen functional groups attached to an aromatic ring is 1. The average Bonchev–Trinajstić information content (AvgIpc) is 3.45. The lowest BCUT2D eigenvalue weighted by molar-refractivity contribution is 0.0623. The Kier molecular flexibility index (Phi) is 18.8. The molecule has 3 N–H and O–H groups in total. The van der Waals surface area contributed by atoms with Crippen LogP contribution in [0.2, 0.25) is 0 Å². The highest BCUT2D eigenvalue weighted by Crippen LogP contribution is 2.48. The van der Waals surface area contributed by atoms with Gasteiger partial charge < -0.3 is 24.3 Å². The number of aromatic amines is 1. The second-order valence-electron chi connectivity index (χ2n) is 12.4. The van der Waals surface area contributed by atoms with Crippen LogP contribution in [0.25, 0.3) is 11.2 Å². The number of nitrogens with one attached hydrogen (secondary N) is 1. The van der Waals surface area contributed by atoms with E-state index in [1.54, 1.807) is 28.8 Å². The first kappa shape index (κ1) is 38.7. The van der Waals surface area contributed by atoms with Crippen molar-refractivity contribution in [1.29, 1.82) is 0 Å². The summed E-state index contributed by atoms with van der Waals surface area (Å²) in [4.78, 5) is 22.8. The molecule has 47 heavy (non-hydrogen) atoms. The maximum Gasteiger partial charge on any atom is 0.404 e. The SMILES string of the molecule is CCCCCCCCCCCCCCCCCCOCCOP(=O)(COC(C)Cn1cnc2c(=O)[nH]c(N)nc21)Oc1ccccc1. The number of anilines is 1. The molecule has 3 rings (SSSR count). The van der Waals surface area contributed by atoms with E-state index in [1.807, 2.05) is 13.0 Å². The predicted octanol–water partition coefficient (Wildman–Crippen LogP) is 8.63. The first-order chi connectivity index (χ1) is 22.9. The second-order valence-corrected chi connectivity index (χ2v) is 14.3. The van der Waals surface area contributed by atoms with Crippen molar-refractivity contribution in [2.24, 2.45) is 0 Å². The lowest BCUT2D eigenvalue weighted by Crippen LogP contribution is -2.20. The van der Waals surface area contributed by atoms with Gasteiger partial charge in [-0.25, -0.2) is 9.55 Å². The highest BCUT2D eigenvalue weighted by molar-refractivity contribution is 7.54. The fraction of sp³-hybridized carbons (Fsp3) is 0.686. The van der Waals surface area contributed by atoms with E-state index in [9.17, 15) is 9.36 Å². The fourth-order valence-electron chi connectivity index (χ4n) is 5.47. The van der Waals surface area contributed by atoms with Gasteiger partial charge in [-0.3, -0.25) is 14.3 Å². The van der Waals surface area contributed by atoms with Gasteiger partial charge in [0, 0.05) is 6.61 Å². The minimum atomic E-state index is -3.66. The summed E-state index contributed by atoms with van der Waals surface area (Å²) in [5.41, 5.74) is 5.82. The number of hydrogen-bond donors (Lipinski definition) is 2. The molecule has 0 amide bonds. The molecule has 0 radical (unpaired) electrons. The highest BCUT2D eigenvalue weighted by atomic mass is 31.2. The number of rotatable bonds is 28. The van der Waals surface area contributed by atoms with E-state index in [0.29, 0.717) is 31.2 Å². The zero-order chi connectivity index (χ0) is 33.6. The minimum absolute atomic E-state index is 0.00372. The van der Waals surface area contributed by atoms with Crippen molar-refractivity contribution >= 4 is 24.7 Å². The summed E-state index contributed by atoms with van der Waals surface area (Å²) >= 11 is 0. The lowest BCUT2D eigenvalue weighted by Gasteiger charge is -2.22. The van der Waals surface area contributed by atoms with Crippen LogP contribution in [-0.2, 0) is 25.1 Å². The molecule has 0 saturated heterocycles. The van der Waals surface area contributed by atoms with Crippen LogP contribution in [0.1, 0.15) is 117 Å². The van der Waals surface area contributed by atoms with Crippen molar-refractivity contribution < 1.29 is 23.1 Å². The largest absolute Gasteiger partial charge is 0.423 e. The van der Waals surface area contributed by atoms with Gasteiger partial charge >= 0.3 is 7.60 Å². The van der Waals surface area contributed by atoms with E-state index in [4.69, 9.17) is 24.3 Å². The molecular weight excluding hydrogens is 617 g/mol. The number of unbranched alkanes of at least 4 members (excludes halogenated alkanes) is 15. The maximum absolute atomic E-state index is 13.7. The molecule has 0 fully saturated rings. The molecule has 0 aliphatic carbocycles. The van der Waals surface area contributed by atoms with E-state index in [1.165, 1.54) is 96.2 Å². The van der Waals surface area contributed by atoms with Crippen LogP contribution >= 0.6 is 7.60 Å². The Balaban J connectivity index is 1.26. The van der Waals surface area contributed by atoms with Crippen molar-refractivity contribution in [3.8, 4) is 5.75 Å². The summed E-state index contributed by atoms with van der Waals surface area (Å²) in [7, 11) is -3.66. The summed E-state index contributed by atoms with van der Waals surface area (Å²) in [5.74, 6) is 0.435. The smallest absolute Gasteiger partial charge is 0.404 e. The van der Waals surface area contributed by atoms with E-state index in [0.717, 1.165) is 12.8 Å². The van der Waals surface area contributed by atoms with Crippen LogP contribution in [0.15, 0.2) is 41.5 Å². The van der Waals surface area contributed by atoms with E-state index in [2.05, 4.69) is 21.9 Å². The molecule has 264 valence electrons. The molecule has 0 spiro atoms. The van der Waals surface area contributed by atoms with Crippen molar-refractivity contribution in [3.63, 3.8) is 0 Å². The van der Waals surface area contributed by atoms with Gasteiger partial charge in [0.2, 0.25) is 5.95 Å². The van der Waals surface area contributed by atoms with Crippen molar-refractivity contribution in [2.75, 3.05) is 31.9 Å². The van der Waals surface area contributed by atoms with Crippen LogP contribution in [0.5, 0.6) is 5.75 Å². The Morgan fingerprint density at radius 2 is 1.45 bits per heavy atom. The number of para-hydroxylation sites is 1. The number of fused-ring (bicyclic) bond motifs is 1. The number of nitrogens with two attached hydrogens (primary N) is 1. The molecule has 0 aliphatic heterocycles. The van der Waals surface area contributed by atoms with Gasteiger partial charge in [-0.05, 0) is 25.5 Å². The number of ether oxygens (including phenoxy) is 2. The molecule has 0 bridgehead atoms. The Morgan fingerprint density at radius 1 is 0.851 bits per heavy atom. The van der Waals surface area contributed by atoms with E-state index < -0.39 is 19.3 Å². The number of aromatic nitrogens is 4. The van der Waals surface area contributed by atoms with Crippen molar-refractivity contribution in [1.82, 2.24) is 19.5 Å². The monoisotopic (exact) mass is 675 g/mol. The summed E-state index contributed by atoms with van der Waals surface area (Å²) in [6.07, 6.45) is 22.2. The quantitative estimate of drug-likeness (QED) is 0.0571. The van der Waals surface area contributed by atoms with Crippen LogP contribution in [0.3, 0.4) is 0 Å². The Bertz CT molecular complexity index is 1350. The van der Waals surface area contributed by atoms with Gasteiger partial charge in [0.25, 0.3) is 5.56 Å². The number of imidazole rings is 1. The molecule has 3 aromatic rings. The minimum Gasteiger partial charge on any atom is -0.423 e. The summed E-state index contributed by atoms with van der Waals surface area (Å²) in [5, 5.41) is 0. The van der Waals surface area contributed by atoms with Crippen LogP contribution in [-0.4, -0.2) is 51.8 Å². The Morgan fingerprint density at radius 3 is 2.06 bits per heavy atom. The van der Waals surface area contributed by atoms with Gasteiger partial charge in [-0.15, -0.1) is 0 Å². The highest BCUT2D eigenvalue weighted by Gasteiger charge is 2.28. The maximum atomic E-state index is 13.7. The molecular formula is C35H58N5O6P. The molecule has 0 aliphatic rings. The van der Waals surface area contributed by atoms with Gasteiger partial charge in [-0.1, -0.05) is 121 Å². The zero-order valence-corrected chi connectivity index (χ0v) is 29.6. The number of nitrogens with zero attached hydrogens (tertiary/aromatic N) is 3. The molecule has 1 aromatic carbocycles. The van der Waals surface area contributed by atoms with Crippen molar-refractivity contribution in [3.05, 3.63) is 47.0 Å². The summed E-state index contributed by atoms with van der Waals surface area (Å²) in [6.45, 7) is 5.49. The molecule has 2 aromatic heterocycles. The lowest BCUT2D eigenvalue weighted by atomic mass is 10.0. The number of hydrogen-bond acceptors (Lipinski definition) is 9. The third-order valence-corrected chi connectivity index (χ3v) is 9.64. The molecule has 2 atom stereocenters. The van der Waals surface area contributed by atoms with E-state index >= 15 is 0 Å². The topological polar surface area (TPSA) is 144 Å². The second kappa shape index (κ2) is 22.8. The molecule has 2 heterocycles. The Labute approximate surface area is 280 Å². The molecule has 2 unspecified atom stereocenters. The number of H-pyrrole nitrogens is 1. The normalized spacial score (nSPS) is 13.6. The van der Waals surface area contributed by atoms with Gasteiger partial charge in [0.1, 0.15) is 5.75 Å². The fourth-order valence-corrected chi connectivity index (χ4v) is 6.89. The van der Waals surface area contributed by atoms with Crippen LogP contribution < -0.4 is 15.8 Å².